The molecule has 1 aliphatic heterocycles. The third-order valence-corrected chi connectivity index (χ3v) is 2.66. The normalized spacial score (nSPS) is 22.5. The molecular weight excluding hydrogens is 190 g/mol. The summed E-state index contributed by atoms with van der Waals surface area (Å²) in [5, 5.41) is 12.2. The number of furan rings is 1. The van der Waals surface area contributed by atoms with Crippen molar-refractivity contribution >= 4 is 0 Å². The fraction of sp³-hybridized carbons (Fsp3) is 0.545. The molecule has 1 aromatic heterocycles. The van der Waals surface area contributed by atoms with Gasteiger partial charge >= 0.3 is 0 Å². The molecule has 1 aromatic rings. The Labute approximate surface area is 89.5 Å². The summed E-state index contributed by atoms with van der Waals surface area (Å²) in [4.78, 5) is 2.15. The molecule has 4 heteroatoms. The van der Waals surface area contributed by atoms with Gasteiger partial charge in [-0.2, -0.15) is 5.26 Å². The maximum atomic E-state index is 8.98. The van der Waals surface area contributed by atoms with Crippen LogP contribution in [0.3, 0.4) is 0 Å². The van der Waals surface area contributed by atoms with Crippen LogP contribution in [0.1, 0.15) is 11.5 Å². The first-order valence-corrected chi connectivity index (χ1v) is 5.19. The van der Waals surface area contributed by atoms with Gasteiger partial charge in [-0.25, -0.2) is 0 Å². The minimum absolute atomic E-state index is 0.0378. The van der Waals surface area contributed by atoms with E-state index >= 15 is 0 Å². The second-order valence-corrected chi connectivity index (χ2v) is 3.83. The van der Waals surface area contributed by atoms with Crippen LogP contribution < -0.4 is 5.32 Å². The molecule has 1 saturated heterocycles. The second-order valence-electron chi connectivity index (χ2n) is 3.83. The van der Waals surface area contributed by atoms with Gasteiger partial charge in [-0.15, -0.1) is 0 Å². The smallest absolute Gasteiger partial charge is 0.118 e. The highest BCUT2D eigenvalue weighted by Gasteiger charge is 2.22. The Kier molecular flexibility index (Phi) is 3.05. The van der Waals surface area contributed by atoms with Crippen molar-refractivity contribution in [2.24, 2.45) is 0 Å². The largest absolute Gasteiger partial charge is 0.465 e. The lowest BCUT2D eigenvalue weighted by Gasteiger charge is -2.30. The Balaban J connectivity index is 2.01. The standard InChI is InChI=1S/C11H15N3O/c1-9-2-3-11(15-9)8-14-5-4-13-7-10(14)6-12/h2-3,10,13H,4-5,7-8H2,1H3. The van der Waals surface area contributed by atoms with E-state index in [0.29, 0.717) is 0 Å². The summed E-state index contributed by atoms with van der Waals surface area (Å²) in [5.41, 5.74) is 0. The maximum absolute atomic E-state index is 8.98. The van der Waals surface area contributed by atoms with E-state index in [-0.39, 0.29) is 6.04 Å². The van der Waals surface area contributed by atoms with Crippen LogP contribution in [-0.4, -0.2) is 30.6 Å². The van der Waals surface area contributed by atoms with Gasteiger partial charge in [0.1, 0.15) is 17.6 Å². The Hall–Kier alpha value is -1.31. The van der Waals surface area contributed by atoms with Crippen LogP contribution in [-0.2, 0) is 6.54 Å². The summed E-state index contributed by atoms with van der Waals surface area (Å²) in [6.45, 7) is 5.25. The average molecular weight is 205 g/mol. The van der Waals surface area contributed by atoms with E-state index in [1.54, 1.807) is 0 Å². The third-order valence-electron chi connectivity index (χ3n) is 2.66. The first-order chi connectivity index (χ1) is 7.29. The zero-order valence-corrected chi connectivity index (χ0v) is 8.86. The summed E-state index contributed by atoms with van der Waals surface area (Å²) >= 11 is 0. The highest BCUT2D eigenvalue weighted by molar-refractivity contribution is 5.07. The Morgan fingerprint density at radius 3 is 3.20 bits per heavy atom. The van der Waals surface area contributed by atoms with Crippen LogP contribution in [0, 0.1) is 18.3 Å². The highest BCUT2D eigenvalue weighted by atomic mass is 16.3. The summed E-state index contributed by atoms with van der Waals surface area (Å²) in [7, 11) is 0. The predicted octanol–water partition coefficient (Wildman–Crippen LogP) is 0.885. The van der Waals surface area contributed by atoms with Gasteiger partial charge < -0.3 is 9.73 Å². The van der Waals surface area contributed by atoms with Crippen LogP contribution in [0.25, 0.3) is 0 Å². The zero-order chi connectivity index (χ0) is 10.7. The minimum Gasteiger partial charge on any atom is -0.465 e. The number of piperazine rings is 1. The molecule has 1 unspecified atom stereocenters. The zero-order valence-electron chi connectivity index (χ0n) is 8.86. The van der Waals surface area contributed by atoms with Crippen LogP contribution >= 0.6 is 0 Å². The van der Waals surface area contributed by atoms with Crippen molar-refractivity contribution < 1.29 is 4.42 Å². The van der Waals surface area contributed by atoms with E-state index in [1.165, 1.54) is 0 Å². The SMILES string of the molecule is Cc1ccc(CN2CCNCC2C#N)o1. The molecule has 15 heavy (non-hydrogen) atoms. The van der Waals surface area contributed by atoms with E-state index in [9.17, 15) is 0 Å². The fourth-order valence-electron chi connectivity index (χ4n) is 1.83. The predicted molar refractivity (Wildman–Crippen MR) is 56.1 cm³/mol. The number of nitrogens with one attached hydrogen (secondary N) is 1. The Morgan fingerprint density at radius 1 is 1.67 bits per heavy atom. The van der Waals surface area contributed by atoms with Crippen molar-refractivity contribution in [2.75, 3.05) is 19.6 Å². The fourth-order valence-corrected chi connectivity index (χ4v) is 1.83. The lowest BCUT2D eigenvalue weighted by atomic mass is 10.2. The quantitative estimate of drug-likeness (QED) is 0.779. The number of nitrogens with zero attached hydrogens (tertiary/aromatic N) is 2. The van der Waals surface area contributed by atoms with E-state index in [4.69, 9.17) is 9.68 Å². The lowest BCUT2D eigenvalue weighted by molar-refractivity contribution is 0.175. The molecule has 0 bridgehead atoms. The number of hydrogen-bond acceptors (Lipinski definition) is 4. The summed E-state index contributed by atoms with van der Waals surface area (Å²) in [5.74, 6) is 1.86. The number of nitriles is 1. The molecule has 1 fully saturated rings. The molecule has 2 rings (SSSR count). The molecule has 4 nitrogen and oxygen atoms in total. The van der Waals surface area contributed by atoms with Gasteiger partial charge in [-0.1, -0.05) is 0 Å². The first-order valence-electron chi connectivity index (χ1n) is 5.19. The van der Waals surface area contributed by atoms with Crippen LogP contribution in [0.4, 0.5) is 0 Å². The van der Waals surface area contributed by atoms with Crippen LogP contribution in [0.5, 0.6) is 0 Å². The van der Waals surface area contributed by atoms with E-state index < -0.39 is 0 Å². The van der Waals surface area contributed by atoms with Crippen molar-refractivity contribution in [3.05, 3.63) is 23.7 Å². The van der Waals surface area contributed by atoms with Crippen LogP contribution in [0.2, 0.25) is 0 Å². The van der Waals surface area contributed by atoms with Gasteiger partial charge in [0.15, 0.2) is 0 Å². The van der Waals surface area contributed by atoms with Gasteiger partial charge in [-0.05, 0) is 19.1 Å². The monoisotopic (exact) mass is 205 g/mol. The molecule has 0 radical (unpaired) electrons. The molecule has 0 amide bonds. The van der Waals surface area contributed by atoms with E-state index in [0.717, 1.165) is 37.7 Å². The molecule has 80 valence electrons. The molecule has 0 aliphatic carbocycles. The molecule has 0 saturated carbocycles. The molecule has 1 aliphatic rings. The summed E-state index contributed by atoms with van der Waals surface area (Å²) < 4.78 is 5.51. The lowest BCUT2D eigenvalue weighted by Crippen LogP contribution is -2.49. The molecule has 1 atom stereocenters. The first kappa shape index (κ1) is 10.2. The van der Waals surface area contributed by atoms with E-state index in [1.807, 2.05) is 19.1 Å². The average Bonchev–Trinajstić information content (AvgIpc) is 2.65. The molecular formula is C11H15N3O. The molecule has 2 heterocycles. The molecule has 0 aromatic carbocycles. The molecule has 0 spiro atoms. The van der Waals surface area contributed by atoms with Gasteiger partial charge in [0.25, 0.3) is 0 Å². The van der Waals surface area contributed by atoms with Crippen molar-refractivity contribution in [1.29, 1.82) is 5.26 Å². The summed E-state index contributed by atoms with van der Waals surface area (Å²) in [6.07, 6.45) is 0. The topological polar surface area (TPSA) is 52.2 Å². The van der Waals surface area contributed by atoms with Crippen molar-refractivity contribution in [3.63, 3.8) is 0 Å². The van der Waals surface area contributed by atoms with Crippen molar-refractivity contribution in [3.8, 4) is 6.07 Å². The number of rotatable bonds is 2. The number of aryl methyl sites for hydroxylation is 1. The van der Waals surface area contributed by atoms with Crippen LogP contribution in [0.15, 0.2) is 16.5 Å². The third kappa shape index (κ3) is 2.38. The summed E-state index contributed by atoms with van der Waals surface area (Å²) in [6, 6.07) is 6.20. The van der Waals surface area contributed by atoms with E-state index in [2.05, 4.69) is 16.3 Å². The highest BCUT2D eigenvalue weighted by Crippen LogP contribution is 2.12. The van der Waals surface area contributed by atoms with Gasteiger partial charge in [0.05, 0.1) is 12.6 Å². The number of hydrogen-bond donors (Lipinski definition) is 1. The van der Waals surface area contributed by atoms with Gasteiger partial charge in [0, 0.05) is 19.6 Å². The van der Waals surface area contributed by atoms with Crippen molar-refractivity contribution in [2.45, 2.75) is 19.5 Å². The second kappa shape index (κ2) is 4.47. The van der Waals surface area contributed by atoms with Gasteiger partial charge in [0.2, 0.25) is 0 Å². The molecule has 1 N–H and O–H groups in total. The Bertz CT molecular complexity index is 366. The minimum atomic E-state index is -0.0378. The van der Waals surface area contributed by atoms with Crippen molar-refractivity contribution in [1.82, 2.24) is 10.2 Å². The maximum Gasteiger partial charge on any atom is 0.118 e. The Morgan fingerprint density at radius 2 is 2.53 bits per heavy atom. The van der Waals surface area contributed by atoms with Gasteiger partial charge in [-0.3, -0.25) is 4.90 Å².